The lowest BCUT2D eigenvalue weighted by atomic mass is 10.1. The quantitative estimate of drug-likeness (QED) is 0.644. The fourth-order valence-corrected chi connectivity index (χ4v) is 3.11. The lowest BCUT2D eigenvalue weighted by molar-refractivity contribution is -0.139. The van der Waals surface area contributed by atoms with Crippen LogP contribution < -0.4 is 10.6 Å². The van der Waals surface area contributed by atoms with Crippen molar-refractivity contribution in [3.8, 4) is 0 Å². The fourth-order valence-electron chi connectivity index (χ4n) is 3.11. The van der Waals surface area contributed by atoms with Crippen molar-refractivity contribution >= 4 is 11.8 Å². The van der Waals surface area contributed by atoms with Crippen molar-refractivity contribution in [3.63, 3.8) is 0 Å². The highest BCUT2D eigenvalue weighted by atomic mass is 16.3. The number of nitrogens with one attached hydrogen (secondary N) is 2. The second kappa shape index (κ2) is 8.56. The van der Waals surface area contributed by atoms with Gasteiger partial charge in [-0.05, 0) is 44.5 Å². The normalized spacial score (nSPS) is 13.0. The second-order valence-corrected chi connectivity index (χ2v) is 6.72. The number of rotatable bonds is 6. The summed E-state index contributed by atoms with van der Waals surface area (Å²) in [5.41, 5.74) is 2.74. The van der Waals surface area contributed by atoms with Crippen molar-refractivity contribution in [2.24, 2.45) is 0 Å². The molecule has 3 rings (SSSR count). The summed E-state index contributed by atoms with van der Waals surface area (Å²) in [7, 11) is 0. The van der Waals surface area contributed by atoms with Gasteiger partial charge in [-0.2, -0.15) is 5.10 Å². The van der Waals surface area contributed by atoms with Crippen LogP contribution in [0.2, 0.25) is 0 Å². The van der Waals surface area contributed by atoms with Crippen LogP contribution in [0, 0.1) is 13.8 Å². The molecule has 0 aliphatic rings. The summed E-state index contributed by atoms with van der Waals surface area (Å²) in [5.74, 6) is -0.714. The van der Waals surface area contributed by atoms with Crippen LogP contribution >= 0.6 is 0 Å². The summed E-state index contributed by atoms with van der Waals surface area (Å²) < 4.78 is 7.31. The predicted molar refractivity (Wildman–Crippen MR) is 105 cm³/mol. The fraction of sp³-hybridized carbons (Fsp3) is 0.286. The molecule has 2 N–H and O–H groups in total. The van der Waals surface area contributed by atoms with Gasteiger partial charge >= 0.3 is 11.8 Å². The monoisotopic (exact) mass is 380 g/mol. The van der Waals surface area contributed by atoms with Gasteiger partial charge < -0.3 is 15.1 Å². The van der Waals surface area contributed by atoms with Crippen LogP contribution in [-0.2, 0) is 9.59 Å². The van der Waals surface area contributed by atoms with Crippen molar-refractivity contribution in [1.82, 2.24) is 20.4 Å². The molecule has 3 aromatic rings. The lowest BCUT2D eigenvalue weighted by Gasteiger charge is -2.18. The van der Waals surface area contributed by atoms with Crippen LogP contribution in [0.4, 0.5) is 0 Å². The number of aryl methyl sites for hydroxylation is 2. The van der Waals surface area contributed by atoms with Crippen LogP contribution in [-0.4, -0.2) is 28.1 Å². The van der Waals surface area contributed by atoms with Crippen molar-refractivity contribution in [1.29, 1.82) is 0 Å². The Morgan fingerprint density at radius 1 is 1.11 bits per heavy atom. The van der Waals surface area contributed by atoms with Gasteiger partial charge in [0.2, 0.25) is 0 Å². The van der Waals surface area contributed by atoms with E-state index < -0.39 is 11.8 Å². The number of furan rings is 1. The summed E-state index contributed by atoms with van der Waals surface area (Å²) >= 11 is 0. The zero-order valence-electron chi connectivity index (χ0n) is 16.2. The number of benzene rings is 1. The smallest absolute Gasteiger partial charge is 0.309 e. The molecule has 0 aliphatic carbocycles. The van der Waals surface area contributed by atoms with E-state index >= 15 is 0 Å². The van der Waals surface area contributed by atoms with E-state index in [1.54, 1.807) is 17.0 Å². The summed E-state index contributed by atoms with van der Waals surface area (Å²) in [5, 5.41) is 9.89. The maximum atomic E-state index is 12.3. The highest BCUT2D eigenvalue weighted by Gasteiger charge is 2.23. The number of carbonyl (C=O) groups excluding carboxylic acids is 2. The van der Waals surface area contributed by atoms with Gasteiger partial charge in [-0.25, -0.2) is 0 Å². The molecule has 146 valence electrons. The average molecular weight is 380 g/mol. The van der Waals surface area contributed by atoms with Crippen molar-refractivity contribution in [2.75, 3.05) is 6.54 Å². The first-order chi connectivity index (χ1) is 13.5. The Hall–Kier alpha value is -3.35. The summed E-state index contributed by atoms with van der Waals surface area (Å²) in [6.45, 7) is 5.86. The number of nitrogens with zero attached hydrogens (tertiary/aromatic N) is 2. The molecular weight excluding hydrogens is 356 g/mol. The van der Waals surface area contributed by atoms with Crippen LogP contribution in [0.25, 0.3) is 0 Å². The van der Waals surface area contributed by atoms with E-state index in [1.165, 1.54) is 0 Å². The number of aromatic nitrogens is 2. The summed E-state index contributed by atoms with van der Waals surface area (Å²) in [4.78, 5) is 24.6. The van der Waals surface area contributed by atoms with Gasteiger partial charge in [0, 0.05) is 12.2 Å². The minimum Gasteiger partial charge on any atom is -0.467 e. The molecule has 2 heterocycles. The minimum atomic E-state index is -0.694. The molecule has 0 spiro atoms. The van der Waals surface area contributed by atoms with Gasteiger partial charge in [-0.15, -0.1) is 0 Å². The van der Waals surface area contributed by atoms with E-state index in [4.69, 9.17) is 4.42 Å². The third kappa shape index (κ3) is 4.49. The molecule has 2 aromatic heterocycles. The molecule has 0 radical (unpaired) electrons. The molecule has 7 heteroatoms. The Morgan fingerprint density at radius 2 is 1.86 bits per heavy atom. The van der Waals surface area contributed by atoms with Crippen LogP contribution in [0.15, 0.2) is 59.2 Å². The largest absolute Gasteiger partial charge is 0.467 e. The van der Waals surface area contributed by atoms with Crippen molar-refractivity contribution < 1.29 is 14.0 Å². The average Bonchev–Trinajstić information content (AvgIpc) is 3.32. The Kier molecular flexibility index (Phi) is 5.93. The first kappa shape index (κ1) is 19.4. The predicted octanol–water partition coefficient (Wildman–Crippen LogP) is 2.68. The number of carbonyl (C=O) groups is 2. The lowest BCUT2D eigenvalue weighted by Crippen LogP contribution is -2.43. The highest BCUT2D eigenvalue weighted by molar-refractivity contribution is 6.35. The molecule has 0 bridgehead atoms. The van der Waals surface area contributed by atoms with E-state index in [9.17, 15) is 9.59 Å². The summed E-state index contributed by atoms with van der Waals surface area (Å²) in [6, 6.07) is 14.4. The van der Waals surface area contributed by atoms with E-state index in [0.717, 1.165) is 17.0 Å². The zero-order valence-corrected chi connectivity index (χ0v) is 16.2. The van der Waals surface area contributed by atoms with Gasteiger partial charge in [0.1, 0.15) is 11.8 Å². The van der Waals surface area contributed by atoms with E-state index in [-0.39, 0.29) is 18.6 Å². The SMILES string of the molecule is Cc1cc(C)n(C(CNC(=O)C(=O)NC(C)c2ccccc2)c2ccco2)n1. The Morgan fingerprint density at radius 3 is 2.46 bits per heavy atom. The highest BCUT2D eigenvalue weighted by Crippen LogP contribution is 2.20. The molecule has 2 amide bonds. The second-order valence-electron chi connectivity index (χ2n) is 6.72. The van der Waals surface area contributed by atoms with Gasteiger partial charge in [0.15, 0.2) is 0 Å². The van der Waals surface area contributed by atoms with E-state index in [1.807, 2.05) is 63.2 Å². The Balaban J connectivity index is 1.65. The standard InChI is InChI=1S/C21H24N4O3/c1-14-12-15(2)25(24-14)18(19-10-7-11-28-19)13-22-20(26)21(27)23-16(3)17-8-5-4-6-9-17/h4-12,16,18H,13H2,1-3H3,(H,22,26)(H,23,27). The number of hydrogen-bond donors (Lipinski definition) is 2. The Bertz CT molecular complexity index is 932. The molecular formula is C21H24N4O3. The van der Waals surface area contributed by atoms with E-state index in [2.05, 4.69) is 15.7 Å². The molecule has 2 atom stereocenters. The Labute approximate surface area is 163 Å². The molecule has 0 saturated carbocycles. The molecule has 7 nitrogen and oxygen atoms in total. The third-order valence-electron chi connectivity index (χ3n) is 4.52. The number of hydrogen-bond acceptors (Lipinski definition) is 4. The first-order valence-corrected chi connectivity index (χ1v) is 9.15. The molecule has 0 saturated heterocycles. The van der Waals surface area contributed by atoms with Gasteiger partial charge in [-0.3, -0.25) is 14.3 Å². The molecule has 0 aliphatic heterocycles. The molecule has 1 aromatic carbocycles. The number of amides is 2. The molecule has 2 unspecified atom stereocenters. The maximum absolute atomic E-state index is 12.3. The van der Waals surface area contributed by atoms with Crippen molar-refractivity contribution in [2.45, 2.75) is 32.9 Å². The van der Waals surface area contributed by atoms with Crippen LogP contribution in [0.5, 0.6) is 0 Å². The van der Waals surface area contributed by atoms with E-state index in [0.29, 0.717) is 5.76 Å². The van der Waals surface area contributed by atoms with Crippen LogP contribution in [0.1, 0.15) is 41.7 Å². The topological polar surface area (TPSA) is 89.2 Å². The summed E-state index contributed by atoms with van der Waals surface area (Å²) in [6.07, 6.45) is 1.57. The molecule has 0 fully saturated rings. The third-order valence-corrected chi connectivity index (χ3v) is 4.52. The van der Waals surface area contributed by atoms with Gasteiger partial charge in [0.05, 0.1) is 18.0 Å². The maximum Gasteiger partial charge on any atom is 0.309 e. The molecule has 28 heavy (non-hydrogen) atoms. The zero-order chi connectivity index (χ0) is 20.1. The van der Waals surface area contributed by atoms with Gasteiger partial charge in [0.25, 0.3) is 0 Å². The van der Waals surface area contributed by atoms with Crippen LogP contribution in [0.3, 0.4) is 0 Å². The van der Waals surface area contributed by atoms with Crippen molar-refractivity contribution in [3.05, 3.63) is 77.5 Å². The minimum absolute atomic E-state index is 0.182. The van der Waals surface area contributed by atoms with Gasteiger partial charge in [-0.1, -0.05) is 30.3 Å². The first-order valence-electron chi connectivity index (χ1n) is 9.15.